The van der Waals surface area contributed by atoms with Gasteiger partial charge in [0, 0.05) is 42.7 Å². The van der Waals surface area contributed by atoms with Crippen LogP contribution >= 0.6 is 11.3 Å². The molecule has 0 aliphatic rings. The number of thiophene rings is 1. The number of rotatable bonds is 5. The van der Waals surface area contributed by atoms with Crippen LogP contribution in [0.5, 0.6) is 0 Å². The second-order valence-electron chi connectivity index (χ2n) is 14.3. The van der Waals surface area contributed by atoms with Gasteiger partial charge in [-0.1, -0.05) is 145 Å². The molecule has 0 radical (unpaired) electrons. The number of hydrogen-bond donors (Lipinski definition) is 0. The van der Waals surface area contributed by atoms with E-state index in [1.807, 2.05) is 91.0 Å². The molecule has 12 aromatic rings. The van der Waals surface area contributed by atoms with Gasteiger partial charge in [-0.05, 0) is 94.0 Å². The lowest BCUT2D eigenvalue weighted by atomic mass is 9.97. The molecule has 0 aliphatic heterocycles. The highest BCUT2D eigenvalue weighted by molar-refractivity contribution is 7.26. The van der Waals surface area contributed by atoms with E-state index in [9.17, 15) is 6.85 Å². The summed E-state index contributed by atoms with van der Waals surface area (Å²) in [5.74, 6) is 0. The third-order valence-corrected chi connectivity index (χ3v) is 12.4. The van der Waals surface area contributed by atoms with Crippen LogP contribution in [0.25, 0.3) is 109 Å². The lowest BCUT2D eigenvalue weighted by Gasteiger charge is -2.11. The second-order valence-corrected chi connectivity index (χ2v) is 15.4. The van der Waals surface area contributed by atoms with Crippen molar-refractivity contribution in [1.82, 2.24) is 9.13 Å². The normalized spacial score (nSPS) is 13.6. The van der Waals surface area contributed by atoms with E-state index in [1.54, 1.807) is 15.9 Å². The fourth-order valence-electron chi connectivity index (χ4n) is 8.60. The summed E-state index contributed by atoms with van der Waals surface area (Å²) >= 11 is 1.57. The van der Waals surface area contributed by atoms with Gasteiger partial charge in [-0.15, -0.1) is 11.3 Å². The minimum atomic E-state index is -0.418. The monoisotopic (exact) mass is 749 g/mol. The number of aromatic nitrogens is 2. The van der Waals surface area contributed by atoms with Gasteiger partial charge in [0.2, 0.25) is 0 Å². The van der Waals surface area contributed by atoms with Crippen molar-refractivity contribution in [1.29, 1.82) is 0 Å². The van der Waals surface area contributed by atoms with Gasteiger partial charge in [-0.25, -0.2) is 0 Å². The molecule has 0 unspecified atom stereocenters. The zero-order chi connectivity index (χ0) is 43.5. The summed E-state index contributed by atoms with van der Waals surface area (Å²) in [5.41, 5.74) is 9.00. The van der Waals surface area contributed by atoms with Crippen LogP contribution in [0.15, 0.2) is 206 Å². The van der Waals surface area contributed by atoms with Crippen molar-refractivity contribution in [3.8, 4) is 44.8 Å². The van der Waals surface area contributed by atoms with E-state index in [4.69, 9.17) is 2.74 Å². The van der Waals surface area contributed by atoms with Gasteiger partial charge in [-0.2, -0.15) is 0 Å². The van der Waals surface area contributed by atoms with E-state index < -0.39 is 12.1 Å². The molecular formula is C54H34N2S. The van der Waals surface area contributed by atoms with Gasteiger partial charge in [0.25, 0.3) is 0 Å². The Morgan fingerprint density at radius 2 is 1.11 bits per heavy atom. The topological polar surface area (TPSA) is 9.86 Å². The fourth-order valence-corrected chi connectivity index (χ4v) is 9.81. The predicted molar refractivity (Wildman–Crippen MR) is 244 cm³/mol. The van der Waals surface area contributed by atoms with E-state index in [1.165, 1.54) is 0 Å². The molecule has 266 valence electrons. The molecule has 0 bridgehead atoms. The maximum atomic E-state index is 10.0. The van der Waals surface area contributed by atoms with Crippen LogP contribution in [0.2, 0.25) is 0 Å². The van der Waals surface area contributed by atoms with Gasteiger partial charge < -0.3 is 9.13 Å². The minimum Gasteiger partial charge on any atom is -0.309 e. The first kappa shape index (κ1) is 25.8. The number of hydrogen-bond acceptors (Lipinski definition) is 1. The largest absolute Gasteiger partial charge is 0.309 e. The van der Waals surface area contributed by atoms with Crippen molar-refractivity contribution in [2.75, 3.05) is 0 Å². The molecule has 3 aromatic heterocycles. The molecular weight excluding hydrogens is 709 g/mol. The molecule has 0 spiro atoms. The molecule has 3 heteroatoms. The number of nitrogens with zero attached hydrogens (tertiary/aromatic N) is 2. The standard InChI is InChI=1S/C54H34N2S/c1-3-13-35(14-4-1)36-25-29-40(30-26-36)55-49-32-28-39(34-46(49)53-41(19-11-22-50(53)55)37-15-5-2-6-16-37)38-27-31-48-45(33-38)42-17-7-9-21-47(42)56(48)51-23-12-20-44-43-18-8-10-24-52(43)57-54(44)51/h1-34H/i7D,9D,17D,21D,27D,31D,33D. The Balaban J connectivity index is 1.15. The Bertz CT molecular complexity index is 3910. The summed E-state index contributed by atoms with van der Waals surface area (Å²) in [7, 11) is 0. The third kappa shape index (κ3) is 4.96. The lowest BCUT2D eigenvalue weighted by Crippen LogP contribution is -1.94. The van der Waals surface area contributed by atoms with Crippen LogP contribution in [0, 0.1) is 0 Å². The average Bonchev–Trinajstić information content (AvgIpc) is 4.01. The van der Waals surface area contributed by atoms with Crippen molar-refractivity contribution >= 4 is 75.1 Å². The van der Waals surface area contributed by atoms with Gasteiger partial charge in [0.05, 0.1) is 42.0 Å². The summed E-state index contributed by atoms with van der Waals surface area (Å²) in [5, 5.41) is 4.31. The van der Waals surface area contributed by atoms with E-state index in [-0.39, 0.29) is 57.6 Å². The van der Waals surface area contributed by atoms with Crippen LogP contribution in [-0.2, 0) is 0 Å². The van der Waals surface area contributed by atoms with E-state index in [0.29, 0.717) is 11.3 Å². The summed E-state index contributed by atoms with van der Waals surface area (Å²) in [4.78, 5) is 0. The lowest BCUT2D eigenvalue weighted by molar-refractivity contribution is 1.18. The highest BCUT2D eigenvalue weighted by Crippen LogP contribution is 2.43. The zero-order valence-corrected chi connectivity index (χ0v) is 31.2. The maximum absolute atomic E-state index is 10.0. The molecule has 2 nitrogen and oxygen atoms in total. The predicted octanol–water partition coefficient (Wildman–Crippen LogP) is 15.2. The van der Waals surface area contributed by atoms with Crippen LogP contribution in [0.1, 0.15) is 9.60 Å². The Labute approximate surface area is 343 Å². The highest BCUT2D eigenvalue weighted by Gasteiger charge is 2.20. The first-order valence-corrected chi connectivity index (χ1v) is 19.8. The first-order chi connectivity index (χ1) is 31.2. The summed E-state index contributed by atoms with van der Waals surface area (Å²) < 4.78 is 71.5. The van der Waals surface area contributed by atoms with Crippen LogP contribution < -0.4 is 0 Å². The van der Waals surface area contributed by atoms with Crippen molar-refractivity contribution in [3.05, 3.63) is 206 Å². The zero-order valence-electron chi connectivity index (χ0n) is 37.4. The third-order valence-electron chi connectivity index (χ3n) is 11.2. The molecule has 12 rings (SSSR count). The SMILES string of the molecule is [2H]c1c([2H])c([2H])c2c(c1[2H])c1c([2H])c(-c3ccc4c(c3)c3c(-c5ccccc5)cccc3n4-c3ccc(-c4ccccc4)cc3)c([2H])c([2H])c1n2-c1cccc2c1sc1ccccc12. The fraction of sp³-hybridized carbons (Fsp3) is 0. The Morgan fingerprint density at radius 1 is 0.404 bits per heavy atom. The Morgan fingerprint density at radius 3 is 1.96 bits per heavy atom. The molecule has 0 saturated carbocycles. The van der Waals surface area contributed by atoms with Crippen molar-refractivity contribution in [2.45, 2.75) is 0 Å². The molecule has 0 atom stereocenters. The maximum Gasteiger partial charge on any atom is 0.0645 e. The molecule has 0 aliphatic carbocycles. The van der Waals surface area contributed by atoms with Crippen LogP contribution in [0.4, 0.5) is 0 Å². The van der Waals surface area contributed by atoms with E-state index >= 15 is 0 Å². The highest BCUT2D eigenvalue weighted by atomic mass is 32.1. The quantitative estimate of drug-likeness (QED) is 0.166. The molecule has 9 aromatic carbocycles. The summed E-state index contributed by atoms with van der Waals surface area (Å²) in [6, 6.07) is 53.4. The molecule has 0 saturated heterocycles. The number of fused-ring (bicyclic) bond motifs is 9. The van der Waals surface area contributed by atoms with E-state index in [0.717, 1.165) is 69.9 Å². The Kier molecular flexibility index (Phi) is 5.74. The van der Waals surface area contributed by atoms with Crippen LogP contribution in [-0.4, -0.2) is 9.13 Å². The molecule has 0 amide bonds. The first-order valence-electron chi connectivity index (χ1n) is 22.4. The average molecular weight is 750 g/mol. The van der Waals surface area contributed by atoms with Crippen molar-refractivity contribution < 1.29 is 9.60 Å². The van der Waals surface area contributed by atoms with Gasteiger partial charge in [-0.3, -0.25) is 0 Å². The number of para-hydroxylation sites is 1. The molecule has 0 N–H and O–H groups in total. The molecule has 0 fully saturated rings. The minimum absolute atomic E-state index is 0.0730. The van der Waals surface area contributed by atoms with Crippen molar-refractivity contribution in [2.24, 2.45) is 0 Å². The number of benzene rings is 9. The van der Waals surface area contributed by atoms with E-state index in [2.05, 4.69) is 77.4 Å². The second kappa shape index (κ2) is 12.7. The smallest absolute Gasteiger partial charge is 0.0645 e. The summed E-state index contributed by atoms with van der Waals surface area (Å²) in [6.07, 6.45) is 0. The van der Waals surface area contributed by atoms with Gasteiger partial charge in [0.15, 0.2) is 0 Å². The Hall–Kier alpha value is -7.20. The molecule has 57 heavy (non-hydrogen) atoms. The van der Waals surface area contributed by atoms with Gasteiger partial charge in [0.1, 0.15) is 0 Å². The molecule has 3 heterocycles. The summed E-state index contributed by atoms with van der Waals surface area (Å²) in [6.45, 7) is 0. The van der Waals surface area contributed by atoms with Gasteiger partial charge >= 0.3 is 0 Å². The van der Waals surface area contributed by atoms with Crippen LogP contribution in [0.3, 0.4) is 0 Å². The van der Waals surface area contributed by atoms with Crippen molar-refractivity contribution in [3.63, 3.8) is 0 Å².